The van der Waals surface area contributed by atoms with E-state index in [1.165, 1.54) is 11.3 Å². The molecule has 1 N–H and O–H groups in total. The Morgan fingerprint density at radius 1 is 1.31 bits per heavy atom. The third-order valence-electron chi connectivity index (χ3n) is 6.00. The molecule has 0 radical (unpaired) electrons. The molecule has 2 aromatic rings. The second-order valence-electron chi connectivity index (χ2n) is 8.21. The minimum atomic E-state index is -0.792. The molecule has 1 fully saturated rings. The number of carboxylic acids is 1. The molecular formula is C22H24ClN3O4S2. The first-order valence-corrected chi connectivity index (χ1v) is 12.6. The van der Waals surface area contributed by atoms with Crippen molar-refractivity contribution in [1.29, 1.82) is 0 Å². The third-order valence-corrected chi connectivity index (χ3v) is 8.51. The summed E-state index contributed by atoms with van der Waals surface area (Å²) in [6.45, 7) is 3.38. The number of aliphatic carboxylic acids is 1. The van der Waals surface area contributed by atoms with Gasteiger partial charge in [-0.3, -0.25) is 14.4 Å². The molecule has 32 heavy (non-hydrogen) atoms. The Labute approximate surface area is 199 Å². The number of halogens is 1. The Morgan fingerprint density at radius 2 is 2.12 bits per heavy atom. The summed E-state index contributed by atoms with van der Waals surface area (Å²) in [5.41, 5.74) is 1.62. The summed E-state index contributed by atoms with van der Waals surface area (Å²) in [6, 6.07) is 5.63. The minimum Gasteiger partial charge on any atom is -0.481 e. The van der Waals surface area contributed by atoms with E-state index in [0.29, 0.717) is 36.8 Å². The van der Waals surface area contributed by atoms with Crippen molar-refractivity contribution >= 4 is 58.2 Å². The van der Waals surface area contributed by atoms with Crippen LogP contribution in [0.5, 0.6) is 0 Å². The van der Waals surface area contributed by atoms with Crippen LogP contribution in [0, 0.1) is 0 Å². The molecule has 1 aromatic carbocycles. The number of thiazole rings is 1. The van der Waals surface area contributed by atoms with E-state index in [4.69, 9.17) is 16.7 Å². The van der Waals surface area contributed by atoms with Gasteiger partial charge in [0.25, 0.3) is 0 Å². The lowest BCUT2D eigenvalue weighted by Crippen LogP contribution is -2.40. The maximum absolute atomic E-state index is 13.3. The number of carbonyl (C=O) groups excluding carboxylic acids is 2. The van der Waals surface area contributed by atoms with Crippen LogP contribution < -0.4 is 4.90 Å². The van der Waals surface area contributed by atoms with Gasteiger partial charge < -0.3 is 14.9 Å². The Bertz CT molecular complexity index is 1060. The van der Waals surface area contributed by atoms with Crippen molar-refractivity contribution in [3.05, 3.63) is 40.0 Å². The number of carboxylic acid groups (broad SMARTS) is 1. The smallest absolute Gasteiger partial charge is 0.303 e. The third kappa shape index (κ3) is 4.79. The fourth-order valence-corrected chi connectivity index (χ4v) is 6.62. The highest BCUT2D eigenvalue weighted by molar-refractivity contribution is 8.01. The van der Waals surface area contributed by atoms with E-state index < -0.39 is 5.97 Å². The van der Waals surface area contributed by atoms with Crippen LogP contribution in [0.2, 0.25) is 5.02 Å². The van der Waals surface area contributed by atoms with Crippen LogP contribution in [0.25, 0.3) is 0 Å². The van der Waals surface area contributed by atoms with E-state index in [-0.39, 0.29) is 30.1 Å². The number of carbonyl (C=O) groups is 3. The monoisotopic (exact) mass is 493 g/mol. The van der Waals surface area contributed by atoms with E-state index in [1.54, 1.807) is 30.9 Å². The van der Waals surface area contributed by atoms with Gasteiger partial charge in [0, 0.05) is 49.1 Å². The number of hydrogen-bond donors (Lipinski definition) is 1. The number of fused-ring (bicyclic) bond motifs is 2. The van der Waals surface area contributed by atoms with Gasteiger partial charge in [0.15, 0.2) is 0 Å². The summed E-state index contributed by atoms with van der Waals surface area (Å²) in [5.74, 6) is -0.0631. The molecule has 0 aliphatic carbocycles. The number of benzene rings is 1. The van der Waals surface area contributed by atoms with E-state index in [0.717, 1.165) is 26.9 Å². The van der Waals surface area contributed by atoms with Crippen molar-refractivity contribution in [2.75, 3.05) is 30.3 Å². The van der Waals surface area contributed by atoms with Gasteiger partial charge in [-0.15, -0.1) is 23.1 Å². The fourth-order valence-electron chi connectivity index (χ4n) is 4.42. The van der Waals surface area contributed by atoms with Gasteiger partial charge in [0.2, 0.25) is 11.8 Å². The fraction of sp³-hybridized carbons (Fsp3) is 0.455. The van der Waals surface area contributed by atoms with Crippen LogP contribution in [0.1, 0.15) is 36.8 Å². The molecule has 7 nitrogen and oxygen atoms in total. The van der Waals surface area contributed by atoms with Gasteiger partial charge in [-0.1, -0.05) is 11.6 Å². The predicted octanol–water partition coefficient (Wildman–Crippen LogP) is 3.83. The second-order valence-corrected chi connectivity index (χ2v) is 11.2. The van der Waals surface area contributed by atoms with Gasteiger partial charge in [0.05, 0.1) is 16.8 Å². The SMILES string of the molecule is CC(=O)N1CCC2(C1)CN(C(=O)Cc1ncc(SCCCC(=O)O)s1)c1ccc(Cl)cc12. The largest absolute Gasteiger partial charge is 0.481 e. The average molecular weight is 494 g/mol. The van der Waals surface area contributed by atoms with Gasteiger partial charge in [-0.25, -0.2) is 4.98 Å². The molecule has 1 unspecified atom stereocenters. The minimum absolute atomic E-state index is 0.0245. The maximum atomic E-state index is 13.3. The van der Waals surface area contributed by atoms with Crippen LogP contribution in [-0.2, 0) is 26.2 Å². The first-order chi connectivity index (χ1) is 15.3. The number of nitrogens with zero attached hydrogens (tertiary/aromatic N) is 3. The number of thioether (sulfide) groups is 1. The summed E-state index contributed by atoms with van der Waals surface area (Å²) in [6.07, 6.45) is 3.50. The van der Waals surface area contributed by atoms with E-state index in [9.17, 15) is 14.4 Å². The molecule has 2 amide bonds. The number of anilines is 1. The average Bonchev–Trinajstić information content (AvgIpc) is 3.44. The molecule has 4 rings (SSSR count). The Kier molecular flexibility index (Phi) is 6.78. The van der Waals surface area contributed by atoms with Crippen molar-refractivity contribution in [2.24, 2.45) is 0 Å². The molecule has 1 atom stereocenters. The van der Waals surface area contributed by atoms with Gasteiger partial charge >= 0.3 is 5.97 Å². The Hall–Kier alpha value is -2.10. The molecule has 0 bridgehead atoms. The maximum Gasteiger partial charge on any atom is 0.303 e. The highest BCUT2D eigenvalue weighted by Crippen LogP contribution is 2.47. The summed E-state index contributed by atoms with van der Waals surface area (Å²) < 4.78 is 0.983. The normalized spacial score (nSPS) is 19.6. The molecule has 10 heteroatoms. The lowest BCUT2D eigenvalue weighted by atomic mass is 9.81. The number of amides is 2. The standard InChI is InChI=1S/C22H24ClN3O4S2/c1-14(27)25-7-6-22(12-25)13-26(17-5-4-15(23)9-16(17)22)19(28)10-18-24-11-21(32-18)31-8-2-3-20(29)30/h4-5,9,11H,2-3,6-8,10,12-13H2,1H3,(H,29,30). The highest BCUT2D eigenvalue weighted by atomic mass is 35.5. The van der Waals surface area contributed by atoms with Crippen LogP contribution in [0.4, 0.5) is 5.69 Å². The second kappa shape index (κ2) is 9.41. The zero-order valence-corrected chi connectivity index (χ0v) is 20.1. The summed E-state index contributed by atoms with van der Waals surface area (Å²) in [5, 5.41) is 10.1. The molecular weight excluding hydrogens is 470 g/mol. The first kappa shape index (κ1) is 23.1. The zero-order valence-electron chi connectivity index (χ0n) is 17.7. The molecule has 2 aliphatic heterocycles. The number of likely N-dealkylation sites (tertiary alicyclic amines) is 1. The van der Waals surface area contributed by atoms with Gasteiger partial charge in [0.1, 0.15) is 5.01 Å². The molecule has 2 aliphatic rings. The van der Waals surface area contributed by atoms with Gasteiger partial charge in [-0.2, -0.15) is 0 Å². The van der Waals surface area contributed by atoms with Crippen molar-refractivity contribution in [1.82, 2.24) is 9.88 Å². The van der Waals surface area contributed by atoms with Crippen LogP contribution >= 0.6 is 34.7 Å². The highest BCUT2D eigenvalue weighted by Gasteiger charge is 2.49. The predicted molar refractivity (Wildman–Crippen MR) is 126 cm³/mol. The van der Waals surface area contributed by atoms with E-state index in [2.05, 4.69) is 4.98 Å². The lowest BCUT2D eigenvalue weighted by Gasteiger charge is -2.25. The summed E-state index contributed by atoms with van der Waals surface area (Å²) in [7, 11) is 0. The van der Waals surface area contributed by atoms with Crippen molar-refractivity contribution in [3.8, 4) is 0 Å². The molecule has 1 spiro atoms. The van der Waals surface area contributed by atoms with Gasteiger partial charge in [-0.05, 0) is 42.4 Å². The topological polar surface area (TPSA) is 90.8 Å². The van der Waals surface area contributed by atoms with Crippen molar-refractivity contribution in [2.45, 2.75) is 42.2 Å². The lowest BCUT2D eigenvalue weighted by molar-refractivity contribution is -0.137. The molecule has 1 aromatic heterocycles. The first-order valence-electron chi connectivity index (χ1n) is 10.4. The molecule has 1 saturated heterocycles. The number of rotatable bonds is 7. The van der Waals surface area contributed by atoms with E-state index in [1.807, 2.05) is 21.9 Å². The number of hydrogen-bond acceptors (Lipinski definition) is 6. The van der Waals surface area contributed by atoms with Crippen LogP contribution in [0.3, 0.4) is 0 Å². The summed E-state index contributed by atoms with van der Waals surface area (Å²) >= 11 is 9.33. The molecule has 3 heterocycles. The zero-order chi connectivity index (χ0) is 22.9. The van der Waals surface area contributed by atoms with E-state index >= 15 is 0 Å². The molecule has 0 saturated carbocycles. The quantitative estimate of drug-likeness (QED) is 0.465. The molecule has 170 valence electrons. The Morgan fingerprint density at radius 3 is 2.84 bits per heavy atom. The van der Waals surface area contributed by atoms with Crippen LogP contribution in [-0.4, -0.2) is 58.2 Å². The number of aromatic nitrogens is 1. The Balaban J connectivity index is 1.46. The summed E-state index contributed by atoms with van der Waals surface area (Å²) in [4.78, 5) is 43.9. The van der Waals surface area contributed by atoms with Crippen molar-refractivity contribution in [3.63, 3.8) is 0 Å². The van der Waals surface area contributed by atoms with Crippen LogP contribution in [0.15, 0.2) is 28.6 Å². The van der Waals surface area contributed by atoms with Crippen molar-refractivity contribution < 1.29 is 19.5 Å².